The number of nitrogens with one attached hydrogen (secondary N) is 2. The number of ether oxygens (including phenoxy) is 1. The van der Waals surface area contributed by atoms with Gasteiger partial charge in [-0.3, -0.25) is 10.1 Å². The van der Waals surface area contributed by atoms with Crippen molar-refractivity contribution < 1.29 is 9.53 Å². The third-order valence-corrected chi connectivity index (χ3v) is 3.34. The smallest absolute Gasteiger partial charge is 0.256 e. The van der Waals surface area contributed by atoms with Crippen molar-refractivity contribution in [2.45, 2.75) is 25.9 Å². The van der Waals surface area contributed by atoms with Gasteiger partial charge in [-0.25, -0.2) is 4.98 Å². The summed E-state index contributed by atoms with van der Waals surface area (Å²) in [5, 5.41) is 8.53. The van der Waals surface area contributed by atoms with Gasteiger partial charge in [-0.15, -0.1) is 11.3 Å². The molecule has 1 amide bonds. The average Bonchev–Trinajstić information content (AvgIpc) is 2.79. The lowest BCUT2D eigenvalue weighted by molar-refractivity contribution is -0.128. The molecule has 1 aliphatic rings. The number of thiazole rings is 1. The van der Waals surface area contributed by atoms with Gasteiger partial charge < -0.3 is 10.1 Å². The Morgan fingerprint density at radius 1 is 1.71 bits per heavy atom. The second-order valence-corrected chi connectivity index (χ2v) is 5.14. The Kier molecular flexibility index (Phi) is 4.09. The van der Waals surface area contributed by atoms with Gasteiger partial charge in [0.1, 0.15) is 6.10 Å². The molecule has 0 aliphatic carbocycles. The summed E-state index contributed by atoms with van der Waals surface area (Å²) in [5.74, 6) is 0.256. The van der Waals surface area contributed by atoms with Crippen LogP contribution in [0.15, 0.2) is 5.38 Å². The van der Waals surface area contributed by atoms with E-state index in [1.54, 1.807) is 0 Å². The van der Waals surface area contributed by atoms with E-state index in [-0.39, 0.29) is 5.91 Å². The van der Waals surface area contributed by atoms with Crippen LogP contribution in [0.3, 0.4) is 0 Å². The van der Waals surface area contributed by atoms with Gasteiger partial charge in [0.05, 0.1) is 12.3 Å². The standard InChI is InChI=1S/C11H17N3O2S/c1-7(2)8-6-17-11(13-8)14-10(15)9-5-12-3-4-16-9/h6-7,9,12H,3-5H2,1-2H3,(H,13,14,15). The molecule has 1 unspecified atom stereocenters. The van der Waals surface area contributed by atoms with E-state index in [0.717, 1.165) is 12.2 Å². The molecule has 0 radical (unpaired) electrons. The van der Waals surface area contributed by atoms with Crippen LogP contribution in [0.1, 0.15) is 25.5 Å². The maximum Gasteiger partial charge on any atom is 0.256 e. The Morgan fingerprint density at radius 3 is 3.12 bits per heavy atom. The number of carbonyl (C=O) groups is 1. The Labute approximate surface area is 105 Å². The van der Waals surface area contributed by atoms with Crippen LogP contribution >= 0.6 is 11.3 Å². The second-order valence-electron chi connectivity index (χ2n) is 4.29. The van der Waals surface area contributed by atoms with Crippen molar-refractivity contribution in [3.63, 3.8) is 0 Å². The summed E-state index contributed by atoms with van der Waals surface area (Å²) < 4.78 is 5.37. The lowest BCUT2D eigenvalue weighted by atomic mass is 10.2. The minimum atomic E-state index is -0.407. The minimum absolute atomic E-state index is 0.123. The van der Waals surface area contributed by atoms with Crippen LogP contribution in [0.4, 0.5) is 5.13 Å². The first kappa shape index (κ1) is 12.5. The maximum atomic E-state index is 11.8. The van der Waals surface area contributed by atoms with Crippen LogP contribution < -0.4 is 10.6 Å². The topological polar surface area (TPSA) is 63.2 Å². The fourth-order valence-corrected chi connectivity index (χ4v) is 2.40. The van der Waals surface area contributed by atoms with E-state index in [9.17, 15) is 4.79 Å². The van der Waals surface area contributed by atoms with Crippen molar-refractivity contribution in [2.75, 3.05) is 25.0 Å². The number of hydrogen-bond donors (Lipinski definition) is 2. The molecule has 5 nitrogen and oxygen atoms in total. The molecule has 1 aromatic rings. The zero-order chi connectivity index (χ0) is 12.3. The summed E-state index contributed by atoms with van der Waals surface area (Å²) in [7, 11) is 0. The van der Waals surface area contributed by atoms with Gasteiger partial charge >= 0.3 is 0 Å². The number of morpholine rings is 1. The third-order valence-electron chi connectivity index (χ3n) is 2.56. The fraction of sp³-hybridized carbons (Fsp3) is 0.636. The highest BCUT2D eigenvalue weighted by atomic mass is 32.1. The highest BCUT2D eigenvalue weighted by Crippen LogP contribution is 2.21. The first-order chi connectivity index (χ1) is 8.16. The number of nitrogens with zero attached hydrogens (tertiary/aromatic N) is 1. The van der Waals surface area contributed by atoms with Crippen molar-refractivity contribution >= 4 is 22.4 Å². The molecule has 0 aromatic carbocycles. The van der Waals surface area contributed by atoms with E-state index in [0.29, 0.717) is 24.2 Å². The Balaban J connectivity index is 1.92. The first-order valence-corrected chi connectivity index (χ1v) is 6.63. The number of rotatable bonds is 3. The van der Waals surface area contributed by atoms with Crippen LogP contribution in [-0.4, -0.2) is 36.7 Å². The molecule has 1 fully saturated rings. The summed E-state index contributed by atoms with van der Waals surface area (Å²) in [6.07, 6.45) is -0.407. The predicted molar refractivity (Wildman–Crippen MR) is 67.4 cm³/mol. The SMILES string of the molecule is CC(C)c1csc(NC(=O)C2CNCCO2)n1. The van der Waals surface area contributed by atoms with Crippen molar-refractivity contribution in [2.24, 2.45) is 0 Å². The molecule has 0 spiro atoms. The molecule has 1 saturated heterocycles. The molecule has 6 heteroatoms. The van der Waals surface area contributed by atoms with E-state index < -0.39 is 6.10 Å². The predicted octanol–water partition coefficient (Wildman–Crippen LogP) is 1.19. The van der Waals surface area contributed by atoms with Crippen molar-refractivity contribution in [3.05, 3.63) is 11.1 Å². The van der Waals surface area contributed by atoms with E-state index in [4.69, 9.17) is 4.74 Å². The van der Waals surface area contributed by atoms with Gasteiger partial charge in [-0.2, -0.15) is 0 Å². The molecule has 2 N–H and O–H groups in total. The average molecular weight is 255 g/mol. The van der Waals surface area contributed by atoms with Gasteiger partial charge in [-0.05, 0) is 5.92 Å². The quantitative estimate of drug-likeness (QED) is 0.851. The van der Waals surface area contributed by atoms with E-state index in [2.05, 4.69) is 29.5 Å². The van der Waals surface area contributed by atoms with Crippen LogP contribution in [0, 0.1) is 0 Å². The molecule has 2 heterocycles. The molecule has 0 saturated carbocycles. The summed E-state index contributed by atoms with van der Waals surface area (Å²) in [4.78, 5) is 16.2. The van der Waals surface area contributed by atoms with E-state index in [1.165, 1.54) is 11.3 Å². The van der Waals surface area contributed by atoms with Gasteiger partial charge in [0.2, 0.25) is 0 Å². The molecular formula is C11H17N3O2S. The first-order valence-electron chi connectivity index (χ1n) is 5.75. The number of aromatic nitrogens is 1. The largest absolute Gasteiger partial charge is 0.366 e. The summed E-state index contributed by atoms with van der Waals surface area (Å²) in [6, 6.07) is 0. The zero-order valence-corrected chi connectivity index (χ0v) is 10.8. The molecule has 2 rings (SSSR count). The highest BCUT2D eigenvalue weighted by Gasteiger charge is 2.22. The van der Waals surface area contributed by atoms with Crippen LogP contribution in [-0.2, 0) is 9.53 Å². The van der Waals surface area contributed by atoms with Crippen LogP contribution in [0.2, 0.25) is 0 Å². The maximum absolute atomic E-state index is 11.8. The summed E-state index contributed by atoms with van der Waals surface area (Å²) >= 11 is 1.45. The van der Waals surface area contributed by atoms with Crippen molar-refractivity contribution in [3.8, 4) is 0 Å². The summed E-state index contributed by atoms with van der Waals surface area (Å²) in [6.45, 7) is 6.10. The molecular weight excluding hydrogens is 238 g/mol. The second kappa shape index (κ2) is 5.57. The highest BCUT2D eigenvalue weighted by molar-refractivity contribution is 7.13. The molecule has 94 valence electrons. The lowest BCUT2D eigenvalue weighted by Crippen LogP contribution is -2.45. The fourth-order valence-electron chi connectivity index (χ4n) is 1.53. The third kappa shape index (κ3) is 3.24. The van der Waals surface area contributed by atoms with Crippen molar-refractivity contribution in [1.82, 2.24) is 10.3 Å². The lowest BCUT2D eigenvalue weighted by Gasteiger charge is -2.22. The van der Waals surface area contributed by atoms with Gasteiger partial charge in [0.15, 0.2) is 5.13 Å². The molecule has 1 atom stereocenters. The van der Waals surface area contributed by atoms with Crippen molar-refractivity contribution in [1.29, 1.82) is 0 Å². The van der Waals surface area contributed by atoms with Crippen LogP contribution in [0.5, 0.6) is 0 Å². The Morgan fingerprint density at radius 2 is 2.53 bits per heavy atom. The Bertz CT molecular complexity index is 386. The van der Waals surface area contributed by atoms with Gasteiger partial charge in [0, 0.05) is 18.5 Å². The number of hydrogen-bond acceptors (Lipinski definition) is 5. The Hall–Kier alpha value is -0.980. The molecule has 1 aliphatic heterocycles. The minimum Gasteiger partial charge on any atom is -0.366 e. The normalized spacial score (nSPS) is 20.5. The zero-order valence-electron chi connectivity index (χ0n) is 10.0. The van der Waals surface area contributed by atoms with Crippen LogP contribution in [0.25, 0.3) is 0 Å². The van der Waals surface area contributed by atoms with Gasteiger partial charge in [0.25, 0.3) is 5.91 Å². The van der Waals surface area contributed by atoms with Gasteiger partial charge in [-0.1, -0.05) is 13.8 Å². The number of amides is 1. The summed E-state index contributed by atoms with van der Waals surface area (Å²) in [5.41, 5.74) is 1.01. The number of carbonyl (C=O) groups excluding carboxylic acids is 1. The molecule has 17 heavy (non-hydrogen) atoms. The molecule has 0 bridgehead atoms. The molecule has 1 aromatic heterocycles. The monoisotopic (exact) mass is 255 g/mol. The number of anilines is 1. The van der Waals surface area contributed by atoms with E-state index in [1.807, 2.05) is 5.38 Å². The van der Waals surface area contributed by atoms with E-state index >= 15 is 0 Å².